The Labute approximate surface area is 110 Å². The topological polar surface area (TPSA) is 69.9 Å². The molecule has 4 heteroatoms. The molecule has 0 heterocycles. The van der Waals surface area contributed by atoms with E-state index in [1.165, 1.54) is 0 Å². The molecule has 0 aromatic heterocycles. The maximum absolute atomic E-state index is 9.68. The smallest absolute Gasteiger partial charge is 0.158 e. The Morgan fingerprint density at radius 2 is 1.58 bits per heavy atom. The van der Waals surface area contributed by atoms with Gasteiger partial charge in [-0.15, -0.1) is 0 Å². The van der Waals surface area contributed by atoms with Crippen LogP contribution in [0, 0.1) is 0 Å². The molecular weight excluding hydrogens is 244 g/mol. The van der Waals surface area contributed by atoms with Crippen molar-refractivity contribution in [3.05, 3.63) is 35.4 Å². The van der Waals surface area contributed by atoms with Gasteiger partial charge >= 0.3 is 0 Å². The summed E-state index contributed by atoms with van der Waals surface area (Å²) in [5.41, 5.74) is 3.66. The number of methoxy groups -OCH3 is 1. The first-order valence-corrected chi connectivity index (χ1v) is 6.05. The largest absolute Gasteiger partial charge is 0.508 e. The first kappa shape index (κ1) is 11.7. The highest BCUT2D eigenvalue weighted by atomic mass is 16.5. The van der Waals surface area contributed by atoms with Gasteiger partial charge in [-0.25, -0.2) is 0 Å². The minimum absolute atomic E-state index is 0.111. The standard InChI is InChI=1S/C15H14O4/c1-19-14-6-10(16)4-9-3-2-8-5-12(17)13(18)7-11(8)15(9)14/h4-7,16-18H,2-3H2,1H3. The second-order valence-corrected chi connectivity index (χ2v) is 4.68. The molecular formula is C15H14O4. The highest BCUT2D eigenvalue weighted by molar-refractivity contribution is 5.81. The molecule has 0 atom stereocenters. The van der Waals surface area contributed by atoms with Crippen molar-refractivity contribution >= 4 is 0 Å². The van der Waals surface area contributed by atoms with Crippen LogP contribution in [0.1, 0.15) is 11.1 Å². The van der Waals surface area contributed by atoms with Crippen LogP contribution in [0.15, 0.2) is 24.3 Å². The Morgan fingerprint density at radius 1 is 0.895 bits per heavy atom. The van der Waals surface area contributed by atoms with Gasteiger partial charge in [0.2, 0.25) is 0 Å². The lowest BCUT2D eigenvalue weighted by Gasteiger charge is -2.23. The van der Waals surface area contributed by atoms with Gasteiger partial charge in [0.1, 0.15) is 11.5 Å². The summed E-state index contributed by atoms with van der Waals surface area (Å²) in [7, 11) is 1.55. The molecule has 0 aliphatic heterocycles. The molecule has 0 amide bonds. The number of phenolic OH excluding ortho intramolecular Hbond substituents is 3. The number of benzene rings is 2. The molecule has 0 saturated heterocycles. The molecule has 0 bridgehead atoms. The van der Waals surface area contributed by atoms with Crippen molar-refractivity contribution in [1.82, 2.24) is 0 Å². The summed E-state index contributed by atoms with van der Waals surface area (Å²) in [6.07, 6.45) is 1.51. The molecule has 4 nitrogen and oxygen atoms in total. The molecule has 2 aromatic rings. The van der Waals surface area contributed by atoms with Crippen molar-refractivity contribution in [2.45, 2.75) is 12.8 Å². The van der Waals surface area contributed by atoms with E-state index in [4.69, 9.17) is 4.74 Å². The quantitative estimate of drug-likeness (QED) is 0.688. The van der Waals surface area contributed by atoms with Crippen LogP contribution in [0.2, 0.25) is 0 Å². The van der Waals surface area contributed by atoms with Crippen molar-refractivity contribution in [3.63, 3.8) is 0 Å². The summed E-state index contributed by atoms with van der Waals surface area (Å²) in [5, 5.41) is 28.9. The third kappa shape index (κ3) is 1.76. The highest BCUT2D eigenvalue weighted by Crippen LogP contribution is 2.45. The van der Waals surface area contributed by atoms with E-state index in [9.17, 15) is 15.3 Å². The molecule has 98 valence electrons. The summed E-state index contributed by atoms with van der Waals surface area (Å²) in [6, 6.07) is 6.39. The van der Waals surface area contributed by atoms with E-state index >= 15 is 0 Å². The van der Waals surface area contributed by atoms with Crippen molar-refractivity contribution < 1.29 is 20.1 Å². The fourth-order valence-corrected chi connectivity index (χ4v) is 2.65. The van der Waals surface area contributed by atoms with E-state index in [1.54, 1.807) is 31.4 Å². The van der Waals surface area contributed by atoms with Crippen molar-refractivity contribution in [3.8, 4) is 34.1 Å². The first-order valence-electron chi connectivity index (χ1n) is 6.05. The van der Waals surface area contributed by atoms with Crippen molar-refractivity contribution in [2.24, 2.45) is 0 Å². The summed E-state index contributed by atoms with van der Waals surface area (Å²) in [6.45, 7) is 0. The molecule has 0 saturated carbocycles. The van der Waals surface area contributed by atoms with E-state index in [2.05, 4.69) is 0 Å². The third-order valence-electron chi connectivity index (χ3n) is 3.52. The van der Waals surface area contributed by atoms with Crippen molar-refractivity contribution in [2.75, 3.05) is 7.11 Å². The zero-order valence-corrected chi connectivity index (χ0v) is 10.5. The van der Waals surface area contributed by atoms with Gasteiger partial charge in [0.15, 0.2) is 11.5 Å². The lowest BCUT2D eigenvalue weighted by atomic mass is 9.84. The van der Waals surface area contributed by atoms with Gasteiger partial charge < -0.3 is 20.1 Å². The molecule has 0 unspecified atom stereocenters. The van der Waals surface area contributed by atoms with Crippen LogP contribution in [-0.2, 0) is 12.8 Å². The van der Waals surface area contributed by atoms with Gasteiger partial charge in [0, 0.05) is 11.6 Å². The van der Waals surface area contributed by atoms with Crippen molar-refractivity contribution in [1.29, 1.82) is 0 Å². The van der Waals surface area contributed by atoms with E-state index in [0.717, 1.165) is 35.1 Å². The monoisotopic (exact) mass is 258 g/mol. The SMILES string of the molecule is COc1cc(O)cc2c1-c1cc(O)c(O)cc1CC2. The predicted molar refractivity (Wildman–Crippen MR) is 70.8 cm³/mol. The normalized spacial score (nSPS) is 12.7. The van der Waals surface area contributed by atoms with Crippen LogP contribution < -0.4 is 4.74 Å². The number of phenols is 3. The van der Waals surface area contributed by atoms with Crippen LogP contribution in [0.25, 0.3) is 11.1 Å². The predicted octanol–water partition coefficient (Wildman–Crippen LogP) is 2.58. The lowest BCUT2D eigenvalue weighted by molar-refractivity contribution is 0.402. The number of rotatable bonds is 1. The Bertz CT molecular complexity index is 644. The number of aromatic hydroxyl groups is 3. The van der Waals surface area contributed by atoms with Crippen LogP contribution in [0.3, 0.4) is 0 Å². The maximum Gasteiger partial charge on any atom is 0.158 e. The van der Waals surface area contributed by atoms with E-state index < -0.39 is 0 Å². The molecule has 3 rings (SSSR count). The molecule has 0 spiro atoms. The van der Waals surface area contributed by atoms with Crippen LogP contribution in [-0.4, -0.2) is 22.4 Å². The Hall–Kier alpha value is -2.36. The number of hydrogen-bond donors (Lipinski definition) is 3. The maximum atomic E-state index is 9.68. The zero-order chi connectivity index (χ0) is 13.6. The highest BCUT2D eigenvalue weighted by Gasteiger charge is 2.22. The molecule has 0 radical (unpaired) electrons. The average Bonchev–Trinajstić information content (AvgIpc) is 2.39. The number of hydrogen-bond acceptors (Lipinski definition) is 4. The van der Waals surface area contributed by atoms with Gasteiger partial charge in [0.05, 0.1) is 7.11 Å². The molecule has 3 N–H and O–H groups in total. The molecule has 0 fully saturated rings. The molecule has 1 aliphatic carbocycles. The minimum Gasteiger partial charge on any atom is -0.508 e. The van der Waals surface area contributed by atoms with Gasteiger partial charge in [-0.1, -0.05) is 0 Å². The Kier molecular flexibility index (Phi) is 2.52. The number of aryl methyl sites for hydroxylation is 2. The molecule has 2 aromatic carbocycles. The first-order chi connectivity index (χ1) is 9.10. The van der Waals surface area contributed by atoms with Crippen LogP contribution >= 0.6 is 0 Å². The summed E-state index contributed by atoms with van der Waals surface area (Å²) >= 11 is 0. The van der Waals surface area contributed by atoms with E-state index in [0.29, 0.717) is 5.75 Å². The van der Waals surface area contributed by atoms with Crippen LogP contribution in [0.4, 0.5) is 0 Å². The summed E-state index contributed by atoms with van der Waals surface area (Å²) in [5.74, 6) is 0.477. The van der Waals surface area contributed by atoms with Gasteiger partial charge in [-0.05, 0) is 47.7 Å². The second kappa shape index (κ2) is 4.09. The average molecular weight is 258 g/mol. The van der Waals surface area contributed by atoms with Gasteiger partial charge in [-0.2, -0.15) is 0 Å². The van der Waals surface area contributed by atoms with E-state index in [1.807, 2.05) is 0 Å². The zero-order valence-electron chi connectivity index (χ0n) is 10.5. The Morgan fingerprint density at radius 3 is 2.32 bits per heavy atom. The summed E-state index contributed by atoms with van der Waals surface area (Å²) in [4.78, 5) is 0. The van der Waals surface area contributed by atoms with E-state index in [-0.39, 0.29) is 17.2 Å². The second-order valence-electron chi connectivity index (χ2n) is 4.68. The number of ether oxygens (including phenoxy) is 1. The van der Waals surface area contributed by atoms with Crippen LogP contribution in [0.5, 0.6) is 23.0 Å². The summed E-state index contributed by atoms with van der Waals surface area (Å²) < 4.78 is 5.32. The van der Waals surface area contributed by atoms with Gasteiger partial charge in [0.25, 0.3) is 0 Å². The number of fused-ring (bicyclic) bond motifs is 3. The molecule has 1 aliphatic rings. The fourth-order valence-electron chi connectivity index (χ4n) is 2.65. The van der Waals surface area contributed by atoms with Gasteiger partial charge in [-0.3, -0.25) is 0 Å². The fraction of sp³-hybridized carbons (Fsp3) is 0.200. The molecule has 19 heavy (non-hydrogen) atoms. The Balaban J connectivity index is 2.31. The minimum atomic E-state index is -0.151. The lowest BCUT2D eigenvalue weighted by Crippen LogP contribution is -2.05. The third-order valence-corrected chi connectivity index (χ3v) is 3.52.